The number of amides is 1. The zero-order valence-corrected chi connectivity index (χ0v) is 23.1. The van der Waals surface area contributed by atoms with E-state index in [2.05, 4.69) is 82.8 Å². The van der Waals surface area contributed by atoms with Crippen molar-refractivity contribution in [2.75, 3.05) is 19.6 Å². The van der Waals surface area contributed by atoms with E-state index in [1.165, 1.54) is 49.7 Å². The van der Waals surface area contributed by atoms with E-state index in [1.54, 1.807) is 0 Å². The van der Waals surface area contributed by atoms with Crippen molar-refractivity contribution in [1.29, 1.82) is 0 Å². The van der Waals surface area contributed by atoms with Crippen LogP contribution in [0.15, 0.2) is 54.6 Å². The van der Waals surface area contributed by atoms with Gasteiger partial charge in [-0.1, -0.05) is 49.4 Å². The minimum absolute atomic E-state index is 0.0603. The molecule has 3 aromatic rings. The lowest BCUT2D eigenvalue weighted by atomic mass is 9.70. The number of carbonyl (C=O) groups is 1. The average Bonchev–Trinajstić information content (AvgIpc) is 3.54. The van der Waals surface area contributed by atoms with Crippen molar-refractivity contribution in [3.05, 3.63) is 66.0 Å². The number of hydrogen-bond acceptors (Lipinski definition) is 3. The second kappa shape index (κ2) is 9.22. The van der Waals surface area contributed by atoms with Gasteiger partial charge in [0.2, 0.25) is 5.91 Å². The van der Waals surface area contributed by atoms with Gasteiger partial charge in [0.1, 0.15) is 5.82 Å². The molecule has 1 saturated carbocycles. The zero-order valence-electron chi connectivity index (χ0n) is 23.1. The Morgan fingerprint density at radius 3 is 2.24 bits per heavy atom. The molecule has 1 aliphatic carbocycles. The molecule has 1 aromatic heterocycles. The number of para-hydroxylation sites is 2. The molecular weight excluding hydrogens is 468 g/mol. The van der Waals surface area contributed by atoms with Crippen molar-refractivity contribution in [2.45, 2.75) is 95.2 Å². The third-order valence-electron chi connectivity index (χ3n) is 10.8. The Hall–Kier alpha value is -2.66. The van der Waals surface area contributed by atoms with E-state index < -0.39 is 0 Å². The van der Waals surface area contributed by atoms with Gasteiger partial charge in [-0.15, -0.1) is 0 Å². The quantitative estimate of drug-likeness (QED) is 0.393. The predicted octanol–water partition coefficient (Wildman–Crippen LogP) is 6.26. The molecule has 7 rings (SSSR count). The first-order chi connectivity index (χ1) is 18.5. The molecule has 0 N–H and O–H groups in total. The summed E-state index contributed by atoms with van der Waals surface area (Å²) in [7, 11) is 0. The number of aryl methyl sites for hydroxylation is 1. The van der Waals surface area contributed by atoms with Crippen molar-refractivity contribution in [2.24, 2.45) is 5.41 Å². The number of rotatable bonds is 6. The van der Waals surface area contributed by atoms with Crippen molar-refractivity contribution >= 4 is 16.9 Å². The zero-order chi connectivity index (χ0) is 25.9. The Balaban J connectivity index is 1.07. The molecule has 4 fully saturated rings. The molecule has 4 aliphatic rings. The number of hydrogen-bond donors (Lipinski definition) is 0. The van der Waals surface area contributed by atoms with Crippen LogP contribution in [0, 0.1) is 12.3 Å². The highest BCUT2D eigenvalue weighted by molar-refractivity contribution is 5.85. The van der Waals surface area contributed by atoms with Gasteiger partial charge >= 0.3 is 0 Å². The van der Waals surface area contributed by atoms with Gasteiger partial charge in [-0.25, -0.2) is 4.98 Å². The van der Waals surface area contributed by atoms with Crippen LogP contribution in [-0.2, 0) is 10.2 Å². The van der Waals surface area contributed by atoms with Crippen LogP contribution in [-0.4, -0.2) is 57.0 Å². The Bertz CT molecular complexity index is 1300. The molecule has 3 atom stereocenters. The van der Waals surface area contributed by atoms with Gasteiger partial charge in [-0.2, -0.15) is 0 Å². The molecule has 3 aliphatic heterocycles. The number of imidazole rings is 1. The van der Waals surface area contributed by atoms with Crippen LogP contribution in [0.5, 0.6) is 0 Å². The Labute approximate surface area is 227 Å². The van der Waals surface area contributed by atoms with Crippen LogP contribution in [0.2, 0.25) is 0 Å². The first-order valence-corrected chi connectivity index (χ1v) is 15.0. The molecule has 38 heavy (non-hydrogen) atoms. The van der Waals surface area contributed by atoms with Gasteiger partial charge < -0.3 is 9.47 Å². The predicted molar refractivity (Wildman–Crippen MR) is 152 cm³/mol. The molecule has 5 nitrogen and oxygen atoms in total. The SMILES string of the molecule is Cc1nc2ccccc2n1[C@H]1C[C@H]2CC[C@@H](C1)N2CCC1(c2ccccc2)CCN(C(=O)C2(C)CC2)CC1. The summed E-state index contributed by atoms with van der Waals surface area (Å²) < 4.78 is 2.54. The average molecular weight is 511 g/mol. The third-order valence-corrected chi connectivity index (χ3v) is 10.8. The molecule has 0 radical (unpaired) electrons. The van der Waals surface area contributed by atoms with E-state index in [-0.39, 0.29) is 10.8 Å². The number of aromatic nitrogens is 2. The second-order valence-corrected chi connectivity index (χ2v) is 13.0. The maximum atomic E-state index is 13.1. The fraction of sp³-hybridized carbons (Fsp3) is 0.576. The van der Waals surface area contributed by atoms with Crippen molar-refractivity contribution < 1.29 is 4.79 Å². The van der Waals surface area contributed by atoms with Gasteiger partial charge in [0.15, 0.2) is 0 Å². The molecule has 3 saturated heterocycles. The molecule has 5 heteroatoms. The van der Waals surface area contributed by atoms with Crippen molar-refractivity contribution in [1.82, 2.24) is 19.4 Å². The molecule has 2 aromatic carbocycles. The molecule has 4 heterocycles. The molecule has 1 amide bonds. The lowest BCUT2D eigenvalue weighted by Crippen LogP contribution is -2.50. The Morgan fingerprint density at radius 2 is 1.55 bits per heavy atom. The fourth-order valence-electron chi connectivity index (χ4n) is 8.19. The number of piperidine rings is 2. The number of likely N-dealkylation sites (tertiary alicyclic amines) is 1. The molecule has 200 valence electrons. The minimum atomic E-state index is -0.0603. The van der Waals surface area contributed by atoms with E-state index in [9.17, 15) is 4.79 Å². The summed E-state index contributed by atoms with van der Waals surface area (Å²) in [6.45, 7) is 7.32. The number of fused-ring (bicyclic) bond motifs is 3. The summed E-state index contributed by atoms with van der Waals surface area (Å²) in [5.41, 5.74) is 4.02. The maximum absolute atomic E-state index is 13.1. The summed E-state index contributed by atoms with van der Waals surface area (Å²) >= 11 is 0. The van der Waals surface area contributed by atoms with Crippen LogP contribution in [0.4, 0.5) is 0 Å². The molecular formula is C33H42N4O. The highest BCUT2D eigenvalue weighted by Crippen LogP contribution is 2.49. The Kier molecular flexibility index (Phi) is 5.92. The number of nitrogens with zero attached hydrogens (tertiary/aromatic N) is 4. The lowest BCUT2D eigenvalue weighted by Gasteiger charge is -2.46. The first kappa shape index (κ1) is 24.4. The van der Waals surface area contributed by atoms with E-state index in [0.29, 0.717) is 24.0 Å². The van der Waals surface area contributed by atoms with Crippen LogP contribution < -0.4 is 0 Å². The first-order valence-electron chi connectivity index (χ1n) is 15.0. The normalized spacial score (nSPS) is 28.1. The summed E-state index contributed by atoms with van der Waals surface area (Å²) in [4.78, 5) is 23.0. The third kappa shape index (κ3) is 4.09. The monoisotopic (exact) mass is 510 g/mol. The lowest BCUT2D eigenvalue weighted by molar-refractivity contribution is -0.138. The number of benzene rings is 2. The van der Waals surface area contributed by atoms with Crippen LogP contribution in [0.1, 0.15) is 82.1 Å². The summed E-state index contributed by atoms with van der Waals surface area (Å²) in [6, 6.07) is 21.8. The van der Waals surface area contributed by atoms with Gasteiger partial charge in [0.05, 0.1) is 11.0 Å². The smallest absolute Gasteiger partial charge is 0.228 e. The second-order valence-electron chi connectivity index (χ2n) is 13.0. The topological polar surface area (TPSA) is 41.4 Å². The van der Waals surface area contributed by atoms with Crippen LogP contribution >= 0.6 is 0 Å². The Morgan fingerprint density at radius 1 is 0.895 bits per heavy atom. The molecule has 0 unspecified atom stereocenters. The van der Waals surface area contributed by atoms with E-state index in [4.69, 9.17) is 4.98 Å². The summed E-state index contributed by atoms with van der Waals surface area (Å²) in [5.74, 6) is 1.56. The number of carbonyl (C=O) groups excluding carboxylic acids is 1. The summed E-state index contributed by atoms with van der Waals surface area (Å²) in [5, 5.41) is 0. The standard InChI is InChI=1S/C33H42N4O/c1-24-34-29-10-6-7-11-30(29)37(24)28-22-26-12-13-27(23-28)36(26)21-18-33(25-8-4-3-5-9-25)16-19-35(20-17-33)31(38)32(2)14-15-32/h3-11,26-28H,12-23H2,1-2H3/t26-,27+,28+. The van der Waals surface area contributed by atoms with E-state index in [1.807, 2.05) is 0 Å². The van der Waals surface area contributed by atoms with E-state index in [0.717, 1.165) is 50.1 Å². The van der Waals surface area contributed by atoms with Gasteiger partial charge in [-0.3, -0.25) is 9.69 Å². The highest BCUT2D eigenvalue weighted by atomic mass is 16.2. The van der Waals surface area contributed by atoms with Crippen molar-refractivity contribution in [3.8, 4) is 0 Å². The maximum Gasteiger partial charge on any atom is 0.228 e. The van der Waals surface area contributed by atoms with Crippen LogP contribution in [0.3, 0.4) is 0 Å². The van der Waals surface area contributed by atoms with Crippen LogP contribution in [0.25, 0.3) is 11.0 Å². The van der Waals surface area contributed by atoms with Crippen molar-refractivity contribution in [3.63, 3.8) is 0 Å². The highest BCUT2D eigenvalue weighted by Gasteiger charge is 2.49. The largest absolute Gasteiger partial charge is 0.342 e. The van der Waals surface area contributed by atoms with Gasteiger partial charge in [0, 0.05) is 36.6 Å². The minimum Gasteiger partial charge on any atom is -0.342 e. The molecule has 0 spiro atoms. The summed E-state index contributed by atoms with van der Waals surface area (Å²) in [6.07, 6.45) is 10.6. The fourth-order valence-corrected chi connectivity index (χ4v) is 8.19. The van der Waals surface area contributed by atoms with Gasteiger partial charge in [-0.05, 0) is 94.4 Å². The van der Waals surface area contributed by atoms with E-state index >= 15 is 0 Å². The molecule has 2 bridgehead atoms. The van der Waals surface area contributed by atoms with Gasteiger partial charge in [0.25, 0.3) is 0 Å².